The number of aryl methyl sites for hydroxylation is 1. The monoisotopic (exact) mass is 1610 g/mol. The molecule has 596 valence electrons. The molecule has 5 aliphatic heterocycles. The van der Waals surface area contributed by atoms with Gasteiger partial charge in [-0.3, -0.25) is 52.8 Å². The van der Waals surface area contributed by atoms with Crippen LogP contribution in [-0.2, 0) is 70.1 Å². The molecule has 10 atom stereocenters. The predicted octanol–water partition coefficient (Wildman–Crippen LogP) is 1.96. The normalized spacial score (nSPS) is 28.0. The Hall–Kier alpha value is -6.80. The molecule has 3 N–H and O–H groups in total. The number of piperidine rings is 2. The van der Waals surface area contributed by atoms with Crippen LogP contribution in [0.1, 0.15) is 179 Å². The number of fused-ring (bicyclic) bond motifs is 1. The van der Waals surface area contributed by atoms with E-state index < -0.39 is 188 Å². The van der Waals surface area contributed by atoms with Crippen molar-refractivity contribution in [1.29, 1.82) is 0 Å². The summed E-state index contributed by atoms with van der Waals surface area (Å²) in [4.78, 5) is 188. The predicted molar refractivity (Wildman–Crippen MR) is 383 cm³/mol. The average molecular weight is 1610 g/mol. The van der Waals surface area contributed by atoms with Crippen LogP contribution in [0.2, 0.25) is 0 Å². The molecule has 7 rings (SSSR count). The smallest absolute Gasteiger partial charge is 0.335 e. The molecule has 1 aromatic rings. The zero-order chi connectivity index (χ0) is 78.2. The molecule has 31 heteroatoms. The van der Waals surface area contributed by atoms with E-state index in [4.69, 9.17) is 0 Å². The summed E-state index contributed by atoms with van der Waals surface area (Å²) in [5.74, 6) is -12.0. The zero-order valence-electron chi connectivity index (χ0n) is 64.2. The summed E-state index contributed by atoms with van der Waals surface area (Å²) in [7, 11) is 9.77. The van der Waals surface area contributed by atoms with Crippen LogP contribution in [0.3, 0.4) is 0 Å². The van der Waals surface area contributed by atoms with E-state index in [9.17, 15) is 74.7 Å². The molecular formula is C75H116F5IN13O12-. The molecule has 6 aliphatic rings. The van der Waals surface area contributed by atoms with Gasteiger partial charge in [0.1, 0.15) is 30.2 Å². The molecule has 12 amide bonds. The van der Waals surface area contributed by atoms with Gasteiger partial charge in [-0.2, -0.15) is 0 Å². The van der Waals surface area contributed by atoms with Crippen LogP contribution in [0.15, 0.2) is 18.2 Å². The molecule has 106 heavy (non-hydrogen) atoms. The second kappa shape index (κ2) is 39.0. The van der Waals surface area contributed by atoms with E-state index >= 15 is 4.79 Å². The minimum absolute atomic E-state index is 0.00169. The van der Waals surface area contributed by atoms with Gasteiger partial charge in [0, 0.05) is 101 Å². The Morgan fingerprint density at radius 3 is 1.93 bits per heavy atom. The second-order valence-corrected chi connectivity index (χ2v) is 33.9. The number of carbonyl (C=O) groups is 12. The molecule has 5 heterocycles. The number of amides is 12. The van der Waals surface area contributed by atoms with E-state index in [1.165, 1.54) is 88.0 Å². The van der Waals surface area contributed by atoms with Crippen LogP contribution in [0.4, 0.5) is 22.0 Å². The summed E-state index contributed by atoms with van der Waals surface area (Å²) >= 11 is -0.290. The Morgan fingerprint density at radius 1 is 0.670 bits per heavy atom. The van der Waals surface area contributed by atoms with Crippen molar-refractivity contribution in [2.45, 2.75) is 229 Å². The zero-order valence-corrected chi connectivity index (χ0v) is 66.4. The quantitative estimate of drug-likeness (QED) is 0.163. The van der Waals surface area contributed by atoms with E-state index in [1.54, 1.807) is 25.7 Å². The molecule has 2 unspecified atom stereocenters. The number of carbonyl (C=O) groups excluding carboxylic acids is 12. The van der Waals surface area contributed by atoms with Crippen LogP contribution in [0.25, 0.3) is 0 Å². The third kappa shape index (κ3) is 22.9. The Bertz CT molecular complexity index is 3270. The number of likely N-dealkylation sites (N-methyl/N-ethyl adjacent to an activating group) is 7. The number of nitrogens with zero attached hydrogens (tertiary/aromatic N) is 10. The van der Waals surface area contributed by atoms with Crippen molar-refractivity contribution in [1.82, 2.24) is 64.9 Å². The minimum atomic E-state index is -4.64. The first kappa shape index (κ1) is 86.4. The Labute approximate surface area is 632 Å². The van der Waals surface area contributed by atoms with Crippen LogP contribution in [0.5, 0.6) is 0 Å². The first-order valence-electron chi connectivity index (χ1n) is 38.0. The average Bonchev–Trinajstić information content (AvgIpc) is 1.61. The van der Waals surface area contributed by atoms with Crippen LogP contribution >= 0.6 is 0 Å². The SMILES string of the molecule is CC[C@H](C)C1NC(=O)[C@H](C)N(C)C(=O)C[C@@H](C(=O)N2CCCCC2)N(C)C(=O)[C@H](C(C)C)N(C)C(=O)CCCCNC(=O)[C@@H]2C[C@H](N3CCC(F)(F)CC3)CN2C(=O)[C@H](CCc2ccc(C(F)(F)F)c(C3CC[I-]C3)c2)NC(=O)CN(C)C(=O)[C@H](CC2CCCCC2)N(C)C(=O)CN(C)C(=O)CN(C)C1=O. The molecular weight excluding hydrogens is 1500 g/mol. The van der Waals surface area contributed by atoms with Crippen molar-refractivity contribution in [2.24, 2.45) is 17.8 Å². The number of halogens is 6. The standard InChI is InChI=1S/C75H116F5IN13O12/c1-13-48(4)65-72(105)87(8)45-63(98)85(6)46-64(99)89(10)58(39-50-22-16-14-17-23-50)70(103)86(7)44-60(95)83-56(28-26-51-25-27-55(75(78,79)80)54(38-51)52-29-32-81-42-52)69(102)94-43-53(92-36-30-74(76,77)31-37-92)40-57(94)68(101)82-33-19-18-24-61(96)91(12)66(47(2)3)73(106)90(11)59(71(104)93-34-20-15-21-35-93)41-62(97)88(9)49(5)67(100)84-65/h25,27,38,47-50,52-53,56-59,65-66H,13-24,26,28-37,39-46H2,1-12H3,(H,82,101)(H,83,95)(H,84,100)/q-1/t48-,49-,52?,53-,56-,57-,58-,59-,65?,66-/m0/s1. The van der Waals surface area contributed by atoms with Gasteiger partial charge in [0.25, 0.3) is 5.92 Å². The van der Waals surface area contributed by atoms with Gasteiger partial charge in [-0.1, -0.05) is 66.2 Å². The van der Waals surface area contributed by atoms with E-state index in [0.29, 0.717) is 48.8 Å². The number of rotatable bonds is 11. The second-order valence-electron chi connectivity index (χ2n) is 30.8. The van der Waals surface area contributed by atoms with Crippen LogP contribution in [0, 0.1) is 17.8 Å². The summed E-state index contributed by atoms with van der Waals surface area (Å²) in [6.45, 7) is 7.28. The third-order valence-electron chi connectivity index (χ3n) is 22.8. The fourth-order valence-corrected chi connectivity index (χ4v) is 18.8. The molecule has 6 fully saturated rings. The van der Waals surface area contributed by atoms with E-state index in [0.717, 1.165) is 68.6 Å². The van der Waals surface area contributed by atoms with Gasteiger partial charge in [-0.25, -0.2) is 8.78 Å². The molecule has 0 spiro atoms. The summed E-state index contributed by atoms with van der Waals surface area (Å²) in [6.07, 6.45) is 1.74. The van der Waals surface area contributed by atoms with E-state index in [2.05, 4.69) is 16.0 Å². The first-order chi connectivity index (χ1) is 49.9. The summed E-state index contributed by atoms with van der Waals surface area (Å²) in [6, 6.07) is -5.44. The van der Waals surface area contributed by atoms with Crippen LogP contribution < -0.4 is 37.2 Å². The molecule has 1 aliphatic carbocycles. The van der Waals surface area contributed by atoms with Crippen molar-refractivity contribution in [3.8, 4) is 0 Å². The van der Waals surface area contributed by atoms with Gasteiger partial charge >= 0.3 is 190 Å². The minimum Gasteiger partial charge on any atom is -0.335 e. The maximum absolute atomic E-state index is 15.5. The Balaban J connectivity index is 1.22. The van der Waals surface area contributed by atoms with E-state index in [1.807, 2.05) is 11.8 Å². The van der Waals surface area contributed by atoms with Crippen molar-refractivity contribution < 1.29 is 101 Å². The van der Waals surface area contributed by atoms with Crippen LogP contribution in [-0.4, -0.2) is 291 Å². The Morgan fingerprint density at radius 2 is 1.31 bits per heavy atom. The molecule has 25 nitrogen and oxygen atoms in total. The fraction of sp³-hybridized carbons (Fsp3) is 0.760. The maximum atomic E-state index is 15.5. The van der Waals surface area contributed by atoms with Gasteiger partial charge in [0.15, 0.2) is 0 Å². The Kier molecular flexibility index (Phi) is 31.8. The number of alkyl halides is 7. The third-order valence-corrected chi connectivity index (χ3v) is 25.9. The number of hydrogen-bond donors (Lipinski definition) is 3. The summed E-state index contributed by atoms with van der Waals surface area (Å²) < 4.78 is 74.8. The number of hydrogen-bond acceptors (Lipinski definition) is 13. The number of likely N-dealkylation sites (tertiary alicyclic amines) is 2. The van der Waals surface area contributed by atoms with Crippen molar-refractivity contribution >= 4 is 70.9 Å². The molecule has 1 saturated carbocycles. The van der Waals surface area contributed by atoms with Gasteiger partial charge in [-0.15, -0.1) is 0 Å². The summed E-state index contributed by atoms with van der Waals surface area (Å²) in [5.41, 5.74) is -0.116. The van der Waals surface area contributed by atoms with Crippen molar-refractivity contribution in [2.75, 3.05) is 117 Å². The van der Waals surface area contributed by atoms with Crippen molar-refractivity contribution in [3.05, 3.63) is 34.9 Å². The van der Waals surface area contributed by atoms with Gasteiger partial charge in [0.2, 0.25) is 53.2 Å². The van der Waals surface area contributed by atoms with Gasteiger partial charge in [-0.05, 0) is 63.2 Å². The number of benzene rings is 1. The molecule has 1 aromatic carbocycles. The molecule has 5 saturated heterocycles. The number of nitrogens with one attached hydrogen (secondary N) is 3. The summed E-state index contributed by atoms with van der Waals surface area (Å²) in [5, 5.41) is 8.51. The fourth-order valence-electron chi connectivity index (χ4n) is 15.5. The first-order valence-corrected chi connectivity index (χ1v) is 41.1. The topological polar surface area (TPSA) is 273 Å². The molecule has 0 aromatic heterocycles. The van der Waals surface area contributed by atoms with E-state index in [-0.39, 0.29) is 110 Å². The molecule has 0 bridgehead atoms. The van der Waals surface area contributed by atoms with Gasteiger partial charge < -0.3 is 44.9 Å². The van der Waals surface area contributed by atoms with Crippen molar-refractivity contribution in [3.63, 3.8) is 0 Å². The van der Waals surface area contributed by atoms with Gasteiger partial charge in [0.05, 0.1) is 19.5 Å². The molecule has 0 radical (unpaired) electrons.